The molecule has 0 aliphatic carbocycles. The molecule has 0 saturated heterocycles. The summed E-state index contributed by atoms with van der Waals surface area (Å²) in [5.41, 5.74) is 10.1. The van der Waals surface area contributed by atoms with Gasteiger partial charge in [-0.2, -0.15) is 0 Å². The number of benzene rings is 2. The summed E-state index contributed by atoms with van der Waals surface area (Å²) < 4.78 is 0.672. The second kappa shape index (κ2) is 5.72. The van der Waals surface area contributed by atoms with Crippen molar-refractivity contribution in [3.8, 4) is 16.9 Å². The predicted molar refractivity (Wildman–Crippen MR) is 104 cm³/mol. The highest BCUT2D eigenvalue weighted by molar-refractivity contribution is 7.17. The first-order valence-corrected chi connectivity index (χ1v) is 8.97. The number of nitrogens with one attached hydrogen (secondary N) is 1. The maximum atomic E-state index is 12.3. The maximum absolute atomic E-state index is 12.3. The molecule has 0 spiro atoms. The van der Waals surface area contributed by atoms with E-state index in [1.165, 1.54) is 11.3 Å². The molecule has 0 amide bonds. The van der Waals surface area contributed by atoms with Crippen molar-refractivity contribution < 1.29 is 5.11 Å². The lowest BCUT2D eigenvalue weighted by atomic mass is 9.94. The van der Waals surface area contributed by atoms with Crippen LogP contribution in [0.5, 0.6) is 5.75 Å². The van der Waals surface area contributed by atoms with Crippen LogP contribution in [0, 0.1) is 6.92 Å². The fourth-order valence-corrected chi connectivity index (χ4v) is 4.12. The fourth-order valence-electron chi connectivity index (χ4n) is 3.33. The van der Waals surface area contributed by atoms with Gasteiger partial charge in [-0.1, -0.05) is 24.3 Å². The van der Waals surface area contributed by atoms with Gasteiger partial charge in [-0.05, 0) is 48.1 Å². The van der Waals surface area contributed by atoms with Gasteiger partial charge >= 0.3 is 0 Å². The van der Waals surface area contributed by atoms with Crippen LogP contribution in [0.1, 0.15) is 24.1 Å². The normalized spacial score (nSPS) is 12.8. The molecule has 0 bridgehead atoms. The molecule has 0 fully saturated rings. The van der Waals surface area contributed by atoms with E-state index in [2.05, 4.69) is 4.98 Å². The quantitative estimate of drug-likeness (QED) is 0.500. The molecule has 4 rings (SSSR count). The number of H-pyrrole nitrogens is 1. The van der Waals surface area contributed by atoms with Crippen molar-refractivity contribution >= 4 is 32.3 Å². The molecule has 0 aliphatic heterocycles. The van der Waals surface area contributed by atoms with Crippen molar-refractivity contribution in [3.63, 3.8) is 0 Å². The predicted octanol–water partition coefficient (Wildman–Crippen LogP) is 4.44. The summed E-state index contributed by atoms with van der Waals surface area (Å²) in [5.74, 6) is 0.207. The minimum absolute atomic E-state index is 0.0441. The number of hydrogen-bond acceptors (Lipinski definition) is 4. The van der Waals surface area contributed by atoms with Gasteiger partial charge in [-0.25, -0.2) is 0 Å². The highest BCUT2D eigenvalue weighted by atomic mass is 32.1. The largest absolute Gasteiger partial charge is 0.507 e. The Kier molecular flexibility index (Phi) is 3.63. The molecule has 25 heavy (non-hydrogen) atoms. The lowest BCUT2D eigenvalue weighted by Gasteiger charge is -2.14. The Morgan fingerprint density at radius 3 is 2.60 bits per heavy atom. The highest BCUT2D eigenvalue weighted by Gasteiger charge is 2.17. The van der Waals surface area contributed by atoms with Gasteiger partial charge in [0.05, 0.1) is 5.52 Å². The monoisotopic (exact) mass is 350 g/mol. The molecular weight excluding hydrogens is 332 g/mol. The number of aryl methyl sites for hydroxylation is 1. The van der Waals surface area contributed by atoms with Gasteiger partial charge in [0.1, 0.15) is 10.4 Å². The smallest absolute Gasteiger partial charge is 0.266 e. The zero-order chi connectivity index (χ0) is 17.7. The summed E-state index contributed by atoms with van der Waals surface area (Å²) in [6.07, 6.45) is 0. The first-order valence-electron chi connectivity index (χ1n) is 8.09. The number of hydrogen-bond donors (Lipinski definition) is 3. The summed E-state index contributed by atoms with van der Waals surface area (Å²) in [5, 5.41) is 14.3. The molecule has 0 radical (unpaired) electrons. The minimum Gasteiger partial charge on any atom is -0.507 e. The minimum atomic E-state index is -0.0930. The van der Waals surface area contributed by atoms with E-state index in [9.17, 15) is 9.90 Å². The average Bonchev–Trinajstić information content (AvgIpc) is 3.07. The number of fused-ring (bicyclic) bond motifs is 3. The molecule has 2 aromatic carbocycles. The average molecular weight is 350 g/mol. The van der Waals surface area contributed by atoms with Gasteiger partial charge in [0.25, 0.3) is 5.56 Å². The van der Waals surface area contributed by atoms with Crippen LogP contribution in [0.15, 0.2) is 46.6 Å². The zero-order valence-corrected chi connectivity index (χ0v) is 14.8. The summed E-state index contributed by atoms with van der Waals surface area (Å²) in [6.45, 7) is 3.83. The standard InChI is InChI=1S/C20H18N2O2S/c1-10-9-15(23)16(13-5-3-12(4-6-13)11(2)21)17-14-7-8-25-19(14)20(24)22-18(10)17/h3-9,11,23H,21H2,1-2H3,(H,22,24)/t11-/m0/s1. The van der Waals surface area contributed by atoms with Crippen LogP contribution in [-0.2, 0) is 0 Å². The second-order valence-electron chi connectivity index (χ2n) is 6.37. The van der Waals surface area contributed by atoms with Crippen LogP contribution in [0.4, 0.5) is 0 Å². The highest BCUT2D eigenvalue weighted by Crippen LogP contribution is 2.41. The Morgan fingerprint density at radius 2 is 1.92 bits per heavy atom. The van der Waals surface area contributed by atoms with E-state index in [-0.39, 0.29) is 17.4 Å². The Morgan fingerprint density at radius 1 is 1.20 bits per heavy atom. The molecule has 2 heterocycles. The number of aromatic amines is 1. The Balaban J connectivity index is 2.13. The van der Waals surface area contributed by atoms with Gasteiger partial charge in [0.2, 0.25) is 0 Å². The number of nitrogens with two attached hydrogens (primary N) is 1. The Labute approximate surface area is 148 Å². The Bertz CT molecular complexity index is 1150. The molecule has 5 heteroatoms. The molecule has 4 aromatic rings. The summed E-state index contributed by atoms with van der Waals surface area (Å²) >= 11 is 1.41. The number of thiophene rings is 1. The first kappa shape index (κ1) is 15.9. The third-order valence-electron chi connectivity index (χ3n) is 4.61. The van der Waals surface area contributed by atoms with Crippen LogP contribution < -0.4 is 11.3 Å². The van der Waals surface area contributed by atoms with E-state index in [0.717, 1.165) is 38.5 Å². The van der Waals surface area contributed by atoms with Gasteiger partial charge in [-0.15, -0.1) is 11.3 Å². The first-order chi connectivity index (χ1) is 12.0. The number of aromatic hydroxyl groups is 1. The van der Waals surface area contributed by atoms with Gasteiger partial charge in [-0.3, -0.25) is 4.79 Å². The number of phenolic OH excluding ortho intramolecular Hbond substituents is 1. The number of pyridine rings is 1. The second-order valence-corrected chi connectivity index (χ2v) is 7.28. The van der Waals surface area contributed by atoms with Crippen LogP contribution in [0.25, 0.3) is 32.1 Å². The van der Waals surface area contributed by atoms with E-state index >= 15 is 0 Å². The summed E-state index contributed by atoms with van der Waals surface area (Å²) in [7, 11) is 0. The van der Waals surface area contributed by atoms with Crippen molar-refractivity contribution in [1.82, 2.24) is 4.98 Å². The van der Waals surface area contributed by atoms with Crippen molar-refractivity contribution in [2.75, 3.05) is 0 Å². The van der Waals surface area contributed by atoms with Gasteiger partial charge in [0, 0.05) is 22.4 Å². The molecule has 0 unspecified atom stereocenters. The third kappa shape index (κ3) is 2.44. The summed E-state index contributed by atoms with van der Waals surface area (Å²) in [4.78, 5) is 15.3. The molecule has 4 N–H and O–H groups in total. The van der Waals surface area contributed by atoms with Crippen molar-refractivity contribution in [2.24, 2.45) is 5.73 Å². The van der Waals surface area contributed by atoms with Gasteiger partial charge < -0.3 is 15.8 Å². The van der Waals surface area contributed by atoms with Gasteiger partial charge in [0.15, 0.2) is 0 Å². The third-order valence-corrected chi connectivity index (χ3v) is 5.52. The molecular formula is C20H18N2O2S. The molecule has 4 nitrogen and oxygen atoms in total. The Hall–Kier alpha value is -2.63. The molecule has 1 atom stereocenters. The molecule has 126 valence electrons. The number of aromatic nitrogens is 1. The number of rotatable bonds is 2. The molecule has 0 aliphatic rings. The lowest BCUT2D eigenvalue weighted by molar-refractivity contribution is 0.477. The van der Waals surface area contributed by atoms with Crippen molar-refractivity contribution in [1.29, 1.82) is 0 Å². The van der Waals surface area contributed by atoms with E-state index in [1.807, 2.05) is 49.6 Å². The topological polar surface area (TPSA) is 79.1 Å². The van der Waals surface area contributed by atoms with E-state index in [0.29, 0.717) is 4.70 Å². The molecule has 2 aromatic heterocycles. The lowest BCUT2D eigenvalue weighted by Crippen LogP contribution is -2.06. The van der Waals surface area contributed by atoms with Crippen molar-refractivity contribution in [3.05, 3.63) is 63.3 Å². The zero-order valence-electron chi connectivity index (χ0n) is 14.0. The van der Waals surface area contributed by atoms with Crippen LogP contribution in [0.2, 0.25) is 0 Å². The van der Waals surface area contributed by atoms with E-state index in [4.69, 9.17) is 5.73 Å². The maximum Gasteiger partial charge on any atom is 0.266 e. The van der Waals surface area contributed by atoms with E-state index < -0.39 is 0 Å². The fraction of sp³-hybridized carbons (Fsp3) is 0.150. The van der Waals surface area contributed by atoms with E-state index in [1.54, 1.807) is 6.07 Å². The number of phenols is 1. The van der Waals surface area contributed by atoms with Crippen LogP contribution in [-0.4, -0.2) is 10.1 Å². The molecule has 0 saturated carbocycles. The SMILES string of the molecule is Cc1cc(O)c(-c2ccc([C@H](C)N)cc2)c2c1[nH]c(=O)c1sccc12. The van der Waals surface area contributed by atoms with Crippen LogP contribution >= 0.6 is 11.3 Å². The van der Waals surface area contributed by atoms with Crippen molar-refractivity contribution in [2.45, 2.75) is 19.9 Å². The summed E-state index contributed by atoms with van der Waals surface area (Å²) in [6, 6.07) is 11.5. The van der Waals surface area contributed by atoms with Crippen LogP contribution in [0.3, 0.4) is 0 Å².